The van der Waals surface area contributed by atoms with Crippen LogP contribution in [0.3, 0.4) is 0 Å². The van der Waals surface area contributed by atoms with Gasteiger partial charge in [-0.1, -0.05) is 36.4 Å². The van der Waals surface area contributed by atoms with Gasteiger partial charge in [-0.05, 0) is 146 Å². The van der Waals surface area contributed by atoms with Gasteiger partial charge in [-0.3, -0.25) is 14.4 Å². The summed E-state index contributed by atoms with van der Waals surface area (Å²) in [5.41, 5.74) is 5.09. The van der Waals surface area contributed by atoms with Crippen LogP contribution >= 0.6 is 0 Å². The predicted molar refractivity (Wildman–Crippen MR) is 318 cm³/mol. The number of aromatic nitrogens is 2. The Balaban J connectivity index is 0.000000210. The minimum absolute atomic E-state index is 0.0178. The molecule has 0 spiro atoms. The number of hydrogen-bond acceptors (Lipinski definition) is 15. The van der Waals surface area contributed by atoms with Gasteiger partial charge in [-0.25, -0.2) is 9.59 Å². The van der Waals surface area contributed by atoms with Crippen molar-refractivity contribution in [1.29, 1.82) is 0 Å². The number of piperidine rings is 2. The zero-order valence-corrected chi connectivity index (χ0v) is 49.6. The molecule has 448 valence electrons. The Morgan fingerprint density at radius 1 is 0.571 bits per heavy atom. The number of rotatable bonds is 14. The Morgan fingerprint density at radius 2 is 0.988 bits per heavy atom. The summed E-state index contributed by atoms with van der Waals surface area (Å²) in [4.78, 5) is 88.1. The van der Waals surface area contributed by atoms with Crippen molar-refractivity contribution in [2.24, 2.45) is 0 Å². The Labute approximate surface area is 490 Å². The highest BCUT2D eigenvalue weighted by Crippen LogP contribution is 2.34. The molecule has 4 aromatic carbocycles. The number of para-hydroxylation sites is 1. The van der Waals surface area contributed by atoms with E-state index in [4.69, 9.17) is 38.0 Å². The number of benzene rings is 4. The Morgan fingerprint density at radius 3 is 1.43 bits per heavy atom. The van der Waals surface area contributed by atoms with Crippen molar-refractivity contribution in [2.45, 2.75) is 131 Å². The number of ether oxygens (including phenoxy) is 6. The van der Waals surface area contributed by atoms with E-state index in [1.54, 1.807) is 16.7 Å². The number of nitrogens with zero attached hydrogens (tertiary/aromatic N) is 6. The zero-order chi connectivity index (χ0) is 60.1. The molecule has 4 aliphatic rings. The summed E-state index contributed by atoms with van der Waals surface area (Å²) in [6, 6.07) is 28.9. The van der Waals surface area contributed by atoms with Crippen molar-refractivity contribution in [3.8, 4) is 23.0 Å². The highest BCUT2D eigenvalue weighted by atomic mass is 16.6. The fourth-order valence-electron chi connectivity index (χ4n) is 11.2. The molecule has 10 rings (SSSR count). The first kappa shape index (κ1) is 61.9. The third kappa shape index (κ3) is 16.3. The second-order valence-corrected chi connectivity index (χ2v) is 23.5. The van der Waals surface area contributed by atoms with Crippen molar-refractivity contribution in [2.75, 3.05) is 71.0 Å². The summed E-state index contributed by atoms with van der Waals surface area (Å²) in [5.74, 6) is 2.88. The number of likely N-dealkylation sites (tertiary alicyclic amines) is 2. The molecule has 0 aliphatic carbocycles. The van der Waals surface area contributed by atoms with E-state index in [0.717, 1.165) is 120 Å². The maximum Gasteiger partial charge on any atom is 0.410 e. The van der Waals surface area contributed by atoms with Crippen LogP contribution < -0.4 is 35.4 Å². The molecule has 0 saturated carbocycles. The van der Waals surface area contributed by atoms with Crippen LogP contribution in [0.5, 0.6) is 23.0 Å². The highest BCUT2D eigenvalue weighted by Gasteiger charge is 2.34. The van der Waals surface area contributed by atoms with Crippen molar-refractivity contribution < 1.29 is 52.4 Å². The average molecular weight is 1150 g/mol. The Bertz CT molecular complexity index is 3430. The second kappa shape index (κ2) is 27.9. The van der Waals surface area contributed by atoms with E-state index in [0.29, 0.717) is 77.0 Å². The number of pyridine rings is 2. The van der Waals surface area contributed by atoms with Crippen LogP contribution in [-0.2, 0) is 50.0 Å². The third-order valence-electron chi connectivity index (χ3n) is 15.2. The van der Waals surface area contributed by atoms with Gasteiger partial charge in [0.15, 0.2) is 23.0 Å². The van der Waals surface area contributed by atoms with E-state index < -0.39 is 11.2 Å². The van der Waals surface area contributed by atoms with Gasteiger partial charge < -0.3 is 62.5 Å². The molecule has 6 aromatic rings. The van der Waals surface area contributed by atoms with E-state index in [1.165, 1.54) is 0 Å². The summed E-state index contributed by atoms with van der Waals surface area (Å²) >= 11 is 0. The molecule has 2 aromatic heterocycles. The molecule has 84 heavy (non-hydrogen) atoms. The van der Waals surface area contributed by atoms with E-state index in [9.17, 15) is 24.0 Å². The first-order chi connectivity index (χ1) is 40.2. The SMILES string of the molecule is Cc1cc(=O)n(CCN2CCC(N(Cc3ccc4c(c3)OCCO4)C(=O)OC(C)(C)C)CC2)c2cc(NC=O)ccc12.Cc1cc(=O)n(CCN2CCC(N(Cc3ccc4c(c3)OCCO4)C(=O)OC(C)(C)C)CC2)c2ccccc12.O=C=O. The minimum atomic E-state index is -0.603. The lowest BCUT2D eigenvalue weighted by atomic mass is 10.0. The van der Waals surface area contributed by atoms with Gasteiger partial charge in [0.25, 0.3) is 11.1 Å². The van der Waals surface area contributed by atoms with Crippen LogP contribution in [0.1, 0.15) is 89.5 Å². The van der Waals surface area contributed by atoms with Gasteiger partial charge in [0.1, 0.15) is 37.6 Å². The molecule has 3 amide bonds. The molecule has 2 fully saturated rings. The topological polar surface area (TPSA) is 210 Å². The smallest absolute Gasteiger partial charge is 0.410 e. The van der Waals surface area contributed by atoms with Crippen molar-refractivity contribution in [1.82, 2.24) is 28.7 Å². The molecule has 0 unspecified atom stereocenters. The van der Waals surface area contributed by atoms with Gasteiger partial charge in [0, 0.05) is 106 Å². The Hall–Kier alpha value is -8.19. The van der Waals surface area contributed by atoms with Gasteiger partial charge in [-0.2, -0.15) is 9.59 Å². The van der Waals surface area contributed by atoms with Gasteiger partial charge >= 0.3 is 18.3 Å². The van der Waals surface area contributed by atoms with Gasteiger partial charge in [0.05, 0.1) is 11.0 Å². The largest absolute Gasteiger partial charge is 0.486 e. The monoisotopic (exact) mass is 1150 g/mol. The summed E-state index contributed by atoms with van der Waals surface area (Å²) in [6.45, 7) is 24.1. The summed E-state index contributed by atoms with van der Waals surface area (Å²) in [7, 11) is 0. The quantitative estimate of drug-likeness (QED) is 0.101. The van der Waals surface area contributed by atoms with Crippen LogP contribution in [0, 0.1) is 13.8 Å². The van der Waals surface area contributed by atoms with Crippen LogP contribution in [0.25, 0.3) is 21.8 Å². The molecule has 6 heterocycles. The number of hydrogen-bond donors (Lipinski definition) is 1. The number of nitrogens with one attached hydrogen (secondary N) is 1. The molecular formula is C64H79N7O13. The fraction of sp³-hybridized carbons (Fsp3) is 0.469. The minimum Gasteiger partial charge on any atom is -0.486 e. The molecule has 0 bridgehead atoms. The molecule has 4 aliphatic heterocycles. The molecule has 2 saturated heterocycles. The number of amides is 3. The van der Waals surface area contributed by atoms with Gasteiger partial charge in [-0.15, -0.1) is 0 Å². The molecule has 0 radical (unpaired) electrons. The van der Waals surface area contributed by atoms with E-state index in [2.05, 4.69) is 21.2 Å². The maximum absolute atomic E-state index is 13.4. The molecule has 20 heteroatoms. The third-order valence-corrected chi connectivity index (χ3v) is 15.2. The lowest BCUT2D eigenvalue weighted by molar-refractivity contribution is -0.191. The average Bonchev–Trinajstić information content (AvgIpc) is 3.16. The number of carbonyl (C=O) groups excluding carboxylic acids is 5. The summed E-state index contributed by atoms with van der Waals surface area (Å²) < 4.78 is 38.1. The number of anilines is 1. The van der Waals surface area contributed by atoms with Crippen LogP contribution in [-0.4, -0.2) is 142 Å². The first-order valence-corrected chi connectivity index (χ1v) is 28.8. The molecule has 1 N–H and O–H groups in total. The van der Waals surface area contributed by atoms with Crippen LogP contribution in [0.15, 0.2) is 101 Å². The summed E-state index contributed by atoms with van der Waals surface area (Å²) in [5, 5.41) is 4.78. The molecule has 20 nitrogen and oxygen atoms in total. The van der Waals surface area contributed by atoms with Crippen molar-refractivity contribution in [3.63, 3.8) is 0 Å². The number of fused-ring (bicyclic) bond motifs is 4. The van der Waals surface area contributed by atoms with E-state index in [1.807, 2.05) is 143 Å². The lowest BCUT2D eigenvalue weighted by Gasteiger charge is -2.39. The number of aryl methyl sites for hydroxylation is 2. The Kier molecular flexibility index (Phi) is 20.6. The van der Waals surface area contributed by atoms with Crippen LogP contribution in [0.2, 0.25) is 0 Å². The molecular weight excluding hydrogens is 1070 g/mol. The maximum atomic E-state index is 13.4. The van der Waals surface area contributed by atoms with Crippen molar-refractivity contribution >= 4 is 52.2 Å². The fourth-order valence-corrected chi connectivity index (χ4v) is 11.2. The van der Waals surface area contributed by atoms with E-state index in [-0.39, 0.29) is 41.5 Å². The zero-order valence-electron chi connectivity index (χ0n) is 49.6. The standard InChI is InChI=1S/C32H40N4O6.C31H39N3O5.CO2/c1-22-17-30(38)35(27-19-24(33-21-37)6-7-26(22)27)14-13-34-11-9-25(10-12-34)36(31(39)42-32(2,3)4)20-23-5-8-28-29(18-23)41-16-15-40-28;1-22-19-29(35)33(26-8-6-5-7-25(22)26)16-15-32-13-11-24(12-14-32)34(30(36)39-31(2,3)4)21-23-9-10-27-28(20-23)38-18-17-37-27;2-1-3/h5-8,17-19,21,25H,9-16,20H2,1-4H3,(H,33,37);5-10,19-20,24H,11-18,21H2,1-4H3;. The highest BCUT2D eigenvalue weighted by molar-refractivity contribution is 5.87. The van der Waals surface area contributed by atoms with E-state index >= 15 is 0 Å². The van der Waals surface area contributed by atoms with Crippen molar-refractivity contribution in [3.05, 3.63) is 134 Å². The van der Waals surface area contributed by atoms with Crippen LogP contribution in [0.4, 0.5) is 15.3 Å². The second-order valence-electron chi connectivity index (χ2n) is 23.5. The summed E-state index contributed by atoms with van der Waals surface area (Å²) in [6.07, 6.45) is 3.53. The number of carbonyl (C=O) groups is 3. The predicted octanol–water partition coefficient (Wildman–Crippen LogP) is 8.95. The van der Waals surface area contributed by atoms with Gasteiger partial charge in [0.2, 0.25) is 6.41 Å². The lowest BCUT2D eigenvalue weighted by Crippen LogP contribution is -2.49. The molecule has 0 atom stereocenters. The normalized spacial score (nSPS) is 15.6. The first-order valence-electron chi connectivity index (χ1n) is 28.8.